The number of amides is 3. The number of carbonyl (C=O) groups excluding carboxylic acids is 3. The molecule has 0 radical (unpaired) electrons. The van der Waals surface area contributed by atoms with E-state index in [0.717, 1.165) is 10.7 Å². The SMILES string of the molecule is CN(C)CCNC(=O)c1cc(C(=O)NCc2ccc3c(c2)NC(=O)CO3)nc2c(F)cnn12. The van der Waals surface area contributed by atoms with Crippen LogP contribution in [-0.4, -0.2) is 71.0 Å². The van der Waals surface area contributed by atoms with Crippen LogP contribution in [-0.2, 0) is 11.3 Å². The number of halogens is 1. The van der Waals surface area contributed by atoms with Crippen LogP contribution in [0.3, 0.4) is 0 Å². The number of benzene rings is 1. The maximum Gasteiger partial charge on any atom is 0.270 e. The van der Waals surface area contributed by atoms with Gasteiger partial charge in [0.2, 0.25) is 0 Å². The molecular weight excluding hydrogens is 433 g/mol. The summed E-state index contributed by atoms with van der Waals surface area (Å²) in [6.07, 6.45) is 0.935. The van der Waals surface area contributed by atoms with Crippen LogP contribution < -0.4 is 20.7 Å². The molecule has 0 spiro atoms. The molecular formula is C21H22FN7O4. The standard InChI is InChI=1S/C21H22FN7O4/c1-28(2)6-5-23-21(32)16-8-15(27-19-13(22)10-25-29(16)19)20(31)24-9-12-3-4-17-14(7-12)26-18(30)11-33-17/h3-4,7-8,10H,5-6,9,11H2,1-2H3,(H,23,32)(H,24,31)(H,26,30). The molecule has 11 nitrogen and oxygen atoms in total. The second-order valence-electron chi connectivity index (χ2n) is 7.66. The first-order valence-corrected chi connectivity index (χ1v) is 10.1. The summed E-state index contributed by atoms with van der Waals surface area (Å²) in [7, 11) is 3.73. The maximum atomic E-state index is 14.2. The van der Waals surface area contributed by atoms with Crippen LogP contribution in [0.15, 0.2) is 30.5 Å². The maximum absolute atomic E-state index is 14.2. The van der Waals surface area contributed by atoms with Gasteiger partial charge < -0.3 is 25.6 Å². The highest BCUT2D eigenvalue weighted by Gasteiger charge is 2.20. The van der Waals surface area contributed by atoms with Gasteiger partial charge in [-0.1, -0.05) is 6.07 Å². The van der Waals surface area contributed by atoms with Crippen molar-refractivity contribution in [3.05, 3.63) is 53.2 Å². The summed E-state index contributed by atoms with van der Waals surface area (Å²) in [5.74, 6) is -1.58. The average Bonchev–Trinajstić information content (AvgIpc) is 3.16. The summed E-state index contributed by atoms with van der Waals surface area (Å²) < 4.78 is 20.5. The van der Waals surface area contributed by atoms with Gasteiger partial charge in [-0.25, -0.2) is 13.9 Å². The Morgan fingerprint density at radius 2 is 2.06 bits per heavy atom. The van der Waals surface area contributed by atoms with E-state index in [-0.39, 0.29) is 36.1 Å². The van der Waals surface area contributed by atoms with Gasteiger partial charge in [0.15, 0.2) is 18.1 Å². The molecule has 1 aliphatic rings. The molecule has 3 heterocycles. The third kappa shape index (κ3) is 4.90. The van der Waals surface area contributed by atoms with Gasteiger partial charge in [0, 0.05) is 25.7 Å². The first-order chi connectivity index (χ1) is 15.8. The second kappa shape index (κ2) is 9.20. The first-order valence-electron chi connectivity index (χ1n) is 10.1. The fraction of sp³-hybridized carbons (Fsp3) is 0.286. The summed E-state index contributed by atoms with van der Waals surface area (Å²) in [5.41, 5.74) is 0.839. The lowest BCUT2D eigenvalue weighted by molar-refractivity contribution is -0.118. The van der Waals surface area contributed by atoms with Gasteiger partial charge in [0.1, 0.15) is 17.1 Å². The Hall–Kier alpha value is -4.06. The molecule has 12 heteroatoms. The smallest absolute Gasteiger partial charge is 0.270 e. The molecule has 0 fully saturated rings. The summed E-state index contributed by atoms with van der Waals surface area (Å²) >= 11 is 0. The van der Waals surface area contributed by atoms with Gasteiger partial charge in [0.25, 0.3) is 17.7 Å². The van der Waals surface area contributed by atoms with Crippen LogP contribution in [0.4, 0.5) is 10.1 Å². The molecule has 4 rings (SSSR count). The number of aromatic nitrogens is 3. The minimum absolute atomic E-state index is 0.0125. The van der Waals surface area contributed by atoms with Crippen molar-refractivity contribution in [2.45, 2.75) is 6.54 Å². The van der Waals surface area contributed by atoms with E-state index in [1.165, 1.54) is 6.07 Å². The summed E-state index contributed by atoms with van der Waals surface area (Å²) in [5, 5.41) is 12.0. The zero-order valence-electron chi connectivity index (χ0n) is 18.0. The highest BCUT2D eigenvalue weighted by atomic mass is 19.1. The Balaban J connectivity index is 1.52. The van der Waals surface area contributed by atoms with Crippen LogP contribution in [0.1, 0.15) is 26.5 Å². The molecule has 1 aliphatic heterocycles. The number of fused-ring (bicyclic) bond motifs is 2. The Morgan fingerprint density at radius 1 is 1.24 bits per heavy atom. The minimum Gasteiger partial charge on any atom is -0.482 e. The number of hydrogen-bond donors (Lipinski definition) is 3. The molecule has 3 N–H and O–H groups in total. The monoisotopic (exact) mass is 455 g/mol. The zero-order chi connectivity index (χ0) is 23.5. The van der Waals surface area contributed by atoms with E-state index in [2.05, 4.69) is 26.0 Å². The van der Waals surface area contributed by atoms with Crippen molar-refractivity contribution in [1.82, 2.24) is 30.1 Å². The summed E-state index contributed by atoms with van der Waals surface area (Å²) in [4.78, 5) is 42.8. The van der Waals surface area contributed by atoms with Crippen LogP contribution >= 0.6 is 0 Å². The van der Waals surface area contributed by atoms with Crippen molar-refractivity contribution in [1.29, 1.82) is 0 Å². The molecule has 2 aromatic heterocycles. The Morgan fingerprint density at radius 3 is 2.85 bits per heavy atom. The van der Waals surface area contributed by atoms with Gasteiger partial charge in [-0.05, 0) is 31.8 Å². The largest absolute Gasteiger partial charge is 0.482 e. The summed E-state index contributed by atoms with van der Waals surface area (Å²) in [6.45, 7) is 1.03. The molecule has 33 heavy (non-hydrogen) atoms. The Kier molecular flexibility index (Phi) is 6.18. The second-order valence-corrected chi connectivity index (χ2v) is 7.66. The number of nitrogens with one attached hydrogen (secondary N) is 3. The molecule has 0 saturated carbocycles. The molecule has 0 saturated heterocycles. The Labute approximate surface area is 187 Å². The van der Waals surface area contributed by atoms with E-state index in [1.54, 1.807) is 18.2 Å². The van der Waals surface area contributed by atoms with Gasteiger partial charge in [0.05, 0.1) is 11.9 Å². The third-order valence-corrected chi connectivity index (χ3v) is 4.87. The van der Waals surface area contributed by atoms with Gasteiger partial charge >= 0.3 is 0 Å². The Bertz CT molecular complexity index is 1240. The van der Waals surface area contributed by atoms with Crippen molar-refractivity contribution in [2.24, 2.45) is 0 Å². The number of ether oxygens (including phenoxy) is 1. The third-order valence-electron chi connectivity index (χ3n) is 4.87. The highest BCUT2D eigenvalue weighted by molar-refractivity contribution is 5.98. The number of carbonyl (C=O) groups is 3. The van der Waals surface area contributed by atoms with E-state index in [4.69, 9.17) is 4.74 Å². The van der Waals surface area contributed by atoms with E-state index in [9.17, 15) is 18.8 Å². The first kappa shape index (κ1) is 22.1. The van der Waals surface area contributed by atoms with Crippen molar-refractivity contribution < 1.29 is 23.5 Å². The molecule has 1 aromatic carbocycles. The summed E-state index contributed by atoms with van der Waals surface area (Å²) in [6, 6.07) is 6.39. The average molecular weight is 455 g/mol. The van der Waals surface area contributed by atoms with Crippen molar-refractivity contribution in [2.75, 3.05) is 39.1 Å². The van der Waals surface area contributed by atoms with Crippen LogP contribution in [0, 0.1) is 5.82 Å². The van der Waals surface area contributed by atoms with Gasteiger partial charge in [-0.2, -0.15) is 5.10 Å². The molecule has 0 aliphatic carbocycles. The normalized spacial score (nSPS) is 12.8. The lowest BCUT2D eigenvalue weighted by Gasteiger charge is -2.18. The van der Waals surface area contributed by atoms with E-state index in [1.807, 2.05) is 19.0 Å². The van der Waals surface area contributed by atoms with Gasteiger partial charge in [-0.3, -0.25) is 14.4 Å². The lowest BCUT2D eigenvalue weighted by atomic mass is 10.1. The van der Waals surface area contributed by atoms with E-state index in [0.29, 0.717) is 30.1 Å². The van der Waals surface area contributed by atoms with E-state index < -0.39 is 17.6 Å². The number of hydrogen-bond acceptors (Lipinski definition) is 7. The van der Waals surface area contributed by atoms with Crippen molar-refractivity contribution >= 4 is 29.1 Å². The van der Waals surface area contributed by atoms with Gasteiger partial charge in [-0.15, -0.1) is 0 Å². The molecule has 0 atom stereocenters. The molecule has 0 unspecified atom stereocenters. The highest BCUT2D eigenvalue weighted by Crippen LogP contribution is 2.28. The number of nitrogens with zero attached hydrogens (tertiary/aromatic N) is 4. The lowest BCUT2D eigenvalue weighted by Crippen LogP contribution is -2.33. The van der Waals surface area contributed by atoms with E-state index >= 15 is 0 Å². The van der Waals surface area contributed by atoms with Crippen LogP contribution in [0.5, 0.6) is 5.75 Å². The molecule has 172 valence electrons. The fourth-order valence-electron chi connectivity index (χ4n) is 3.21. The molecule has 0 bridgehead atoms. The van der Waals surface area contributed by atoms with Crippen molar-refractivity contribution in [3.63, 3.8) is 0 Å². The topological polar surface area (TPSA) is 130 Å². The minimum atomic E-state index is -0.752. The predicted molar refractivity (Wildman–Crippen MR) is 116 cm³/mol. The number of anilines is 1. The van der Waals surface area contributed by atoms with Crippen LogP contribution in [0.2, 0.25) is 0 Å². The molecule has 3 amide bonds. The molecule has 3 aromatic rings. The van der Waals surface area contributed by atoms with Crippen LogP contribution in [0.25, 0.3) is 5.65 Å². The fourth-order valence-corrected chi connectivity index (χ4v) is 3.21. The zero-order valence-corrected chi connectivity index (χ0v) is 18.0. The van der Waals surface area contributed by atoms with Crippen molar-refractivity contribution in [3.8, 4) is 5.75 Å². The quantitative estimate of drug-likeness (QED) is 0.471. The predicted octanol–water partition coefficient (Wildman–Crippen LogP) is 0.421. The number of likely N-dealkylation sites (N-methyl/N-ethyl adjacent to an activating group) is 1. The number of rotatable bonds is 7.